The molecule has 0 aromatic carbocycles. The minimum atomic E-state index is -0.464. The molecule has 0 bridgehead atoms. The molecule has 1 aliphatic carbocycles. The van der Waals surface area contributed by atoms with Gasteiger partial charge < -0.3 is 4.74 Å². The Morgan fingerprint density at radius 1 is 1.41 bits per heavy atom. The number of carbonyl (C=O) groups excluding carboxylic acids is 1. The monoisotopic (exact) mass is 302 g/mol. The molecule has 116 valence electrons. The highest BCUT2D eigenvalue weighted by Gasteiger charge is 2.32. The molecule has 0 fully saturated rings. The van der Waals surface area contributed by atoms with Gasteiger partial charge in [-0.1, -0.05) is 13.8 Å². The molecule has 0 aliphatic heterocycles. The van der Waals surface area contributed by atoms with Gasteiger partial charge in [0.1, 0.15) is 5.56 Å². The molecule has 2 heterocycles. The average molecular weight is 302 g/mol. The maximum atomic E-state index is 12.3. The fourth-order valence-electron chi connectivity index (χ4n) is 2.89. The van der Waals surface area contributed by atoms with E-state index in [4.69, 9.17) is 4.74 Å². The van der Waals surface area contributed by atoms with Gasteiger partial charge in [0, 0.05) is 5.56 Å². The summed E-state index contributed by atoms with van der Waals surface area (Å²) in [5, 5.41) is 4.14. The minimum Gasteiger partial charge on any atom is -0.465 e. The van der Waals surface area contributed by atoms with Gasteiger partial charge in [-0.05, 0) is 25.2 Å². The topological polar surface area (TPSA) is 89.9 Å². The second-order valence-electron chi connectivity index (χ2n) is 6.38. The Hall–Kier alpha value is -2.44. The van der Waals surface area contributed by atoms with Crippen LogP contribution in [0, 0.1) is 12.3 Å². The third kappa shape index (κ3) is 2.22. The van der Waals surface area contributed by atoms with E-state index in [2.05, 4.69) is 28.9 Å². The third-order valence-electron chi connectivity index (χ3n) is 4.01. The highest BCUT2D eigenvalue weighted by Crippen LogP contribution is 2.33. The highest BCUT2D eigenvalue weighted by atomic mass is 16.5. The summed E-state index contributed by atoms with van der Waals surface area (Å²) in [5.41, 5.74) is 2.38. The van der Waals surface area contributed by atoms with Gasteiger partial charge in [0.05, 0.1) is 24.7 Å². The number of nitrogens with one attached hydrogen (secondary N) is 1. The van der Waals surface area contributed by atoms with Crippen molar-refractivity contribution in [1.82, 2.24) is 19.7 Å². The number of fused-ring (bicyclic) bond motifs is 1. The van der Waals surface area contributed by atoms with Crippen LogP contribution in [-0.4, -0.2) is 32.8 Å². The third-order valence-corrected chi connectivity index (χ3v) is 4.01. The molecule has 3 rings (SSSR count). The summed E-state index contributed by atoms with van der Waals surface area (Å²) < 4.78 is 6.16. The van der Waals surface area contributed by atoms with Crippen LogP contribution in [-0.2, 0) is 17.6 Å². The molecule has 0 spiro atoms. The summed E-state index contributed by atoms with van der Waals surface area (Å²) in [6.07, 6.45) is 2.89. The first-order chi connectivity index (χ1) is 10.3. The van der Waals surface area contributed by atoms with Gasteiger partial charge in [-0.3, -0.25) is 9.78 Å². The number of hydrogen-bond acceptors (Lipinski definition) is 5. The van der Waals surface area contributed by atoms with Crippen LogP contribution in [0.5, 0.6) is 0 Å². The quantitative estimate of drug-likeness (QED) is 0.841. The van der Waals surface area contributed by atoms with E-state index in [0.717, 1.165) is 24.1 Å². The summed E-state index contributed by atoms with van der Waals surface area (Å²) in [6.45, 7) is 5.96. The van der Waals surface area contributed by atoms with Crippen LogP contribution in [0.4, 0.5) is 0 Å². The van der Waals surface area contributed by atoms with E-state index >= 15 is 0 Å². The van der Waals surface area contributed by atoms with Crippen LogP contribution in [0.2, 0.25) is 0 Å². The molecule has 0 amide bonds. The number of rotatable bonds is 2. The van der Waals surface area contributed by atoms with Crippen LogP contribution < -0.4 is 5.56 Å². The van der Waals surface area contributed by atoms with E-state index in [1.807, 2.05) is 0 Å². The van der Waals surface area contributed by atoms with E-state index in [9.17, 15) is 9.59 Å². The number of aromatic amines is 1. The predicted octanol–water partition coefficient (Wildman–Crippen LogP) is 1.18. The fraction of sp³-hybridized carbons (Fsp3) is 0.467. The van der Waals surface area contributed by atoms with Gasteiger partial charge in [-0.15, -0.1) is 0 Å². The van der Waals surface area contributed by atoms with Gasteiger partial charge >= 0.3 is 5.97 Å². The SMILES string of the molecule is COC(=O)c1cnn(-c2nc3c(c(=O)[nH]2)CC(C)(C)C3)c1C. The van der Waals surface area contributed by atoms with E-state index < -0.39 is 5.97 Å². The molecule has 0 unspecified atom stereocenters. The molecule has 2 aromatic heterocycles. The molecule has 7 heteroatoms. The number of esters is 1. The van der Waals surface area contributed by atoms with Crippen molar-refractivity contribution in [2.45, 2.75) is 33.6 Å². The maximum Gasteiger partial charge on any atom is 0.341 e. The van der Waals surface area contributed by atoms with Crippen LogP contribution in [0.25, 0.3) is 5.95 Å². The Morgan fingerprint density at radius 3 is 2.82 bits per heavy atom. The summed E-state index contributed by atoms with van der Waals surface area (Å²) >= 11 is 0. The molecule has 1 N–H and O–H groups in total. The smallest absolute Gasteiger partial charge is 0.341 e. The van der Waals surface area contributed by atoms with Gasteiger partial charge in [-0.25, -0.2) is 14.5 Å². The molecule has 0 radical (unpaired) electrons. The fourth-order valence-corrected chi connectivity index (χ4v) is 2.89. The van der Waals surface area contributed by atoms with Crippen molar-refractivity contribution >= 4 is 5.97 Å². The van der Waals surface area contributed by atoms with E-state index in [1.54, 1.807) is 6.92 Å². The Morgan fingerprint density at radius 2 is 2.14 bits per heavy atom. The lowest BCUT2D eigenvalue weighted by Crippen LogP contribution is -2.19. The van der Waals surface area contributed by atoms with E-state index in [-0.39, 0.29) is 11.0 Å². The van der Waals surface area contributed by atoms with Crippen molar-refractivity contribution in [3.05, 3.63) is 39.1 Å². The number of carbonyl (C=O) groups is 1. The molecule has 0 saturated heterocycles. The van der Waals surface area contributed by atoms with Gasteiger partial charge in [0.15, 0.2) is 0 Å². The molecule has 7 nitrogen and oxygen atoms in total. The van der Waals surface area contributed by atoms with Crippen LogP contribution in [0.15, 0.2) is 11.0 Å². The normalized spacial score (nSPS) is 15.6. The number of aromatic nitrogens is 4. The lowest BCUT2D eigenvalue weighted by molar-refractivity contribution is 0.0600. The van der Waals surface area contributed by atoms with Gasteiger partial charge in [0.2, 0.25) is 5.95 Å². The first kappa shape index (κ1) is 14.5. The van der Waals surface area contributed by atoms with E-state index in [0.29, 0.717) is 17.2 Å². The molecular formula is C15H18N4O3. The lowest BCUT2D eigenvalue weighted by Gasteiger charge is -2.13. The zero-order valence-electron chi connectivity index (χ0n) is 13.1. The van der Waals surface area contributed by atoms with Crippen LogP contribution in [0.3, 0.4) is 0 Å². The molecule has 22 heavy (non-hydrogen) atoms. The van der Waals surface area contributed by atoms with Crippen LogP contribution in [0.1, 0.15) is 41.2 Å². The predicted molar refractivity (Wildman–Crippen MR) is 79.2 cm³/mol. The van der Waals surface area contributed by atoms with Crippen molar-refractivity contribution in [2.24, 2.45) is 5.41 Å². The second kappa shape index (κ2) is 4.79. The van der Waals surface area contributed by atoms with Crippen molar-refractivity contribution in [1.29, 1.82) is 0 Å². The lowest BCUT2D eigenvalue weighted by atomic mass is 9.91. The van der Waals surface area contributed by atoms with Crippen molar-refractivity contribution < 1.29 is 9.53 Å². The number of hydrogen-bond donors (Lipinski definition) is 1. The van der Waals surface area contributed by atoms with Gasteiger partial charge in [-0.2, -0.15) is 5.10 Å². The molecule has 0 atom stereocenters. The van der Waals surface area contributed by atoms with Crippen molar-refractivity contribution in [2.75, 3.05) is 7.11 Å². The second-order valence-corrected chi connectivity index (χ2v) is 6.38. The average Bonchev–Trinajstić information content (AvgIpc) is 2.97. The highest BCUT2D eigenvalue weighted by molar-refractivity contribution is 5.90. The van der Waals surface area contributed by atoms with E-state index in [1.165, 1.54) is 18.0 Å². The number of methoxy groups -OCH3 is 1. The Kier molecular flexibility index (Phi) is 3.16. The first-order valence-electron chi connectivity index (χ1n) is 7.08. The Labute approximate surface area is 127 Å². The summed E-state index contributed by atoms with van der Waals surface area (Å²) in [6, 6.07) is 0. The van der Waals surface area contributed by atoms with Crippen molar-refractivity contribution in [3.63, 3.8) is 0 Å². The maximum absolute atomic E-state index is 12.3. The molecule has 2 aromatic rings. The molecule has 1 aliphatic rings. The minimum absolute atomic E-state index is 0.0390. The first-order valence-corrected chi connectivity index (χ1v) is 7.08. The largest absolute Gasteiger partial charge is 0.465 e. The number of ether oxygens (including phenoxy) is 1. The zero-order chi connectivity index (χ0) is 16.1. The number of nitrogens with zero attached hydrogens (tertiary/aromatic N) is 3. The summed E-state index contributed by atoms with van der Waals surface area (Å²) in [7, 11) is 1.32. The summed E-state index contributed by atoms with van der Waals surface area (Å²) in [4.78, 5) is 31.2. The molecule has 0 saturated carbocycles. The van der Waals surface area contributed by atoms with Gasteiger partial charge in [0.25, 0.3) is 5.56 Å². The standard InChI is InChI=1S/C15H18N4O3/c1-8-10(13(21)22-4)7-16-19(8)14-17-11-6-15(2,3)5-9(11)12(20)18-14/h7H,5-6H2,1-4H3,(H,17,18,20). The van der Waals surface area contributed by atoms with Crippen molar-refractivity contribution in [3.8, 4) is 5.95 Å². The van der Waals surface area contributed by atoms with Crippen LogP contribution >= 0.6 is 0 Å². The molecular weight excluding hydrogens is 284 g/mol. The Balaban J connectivity index is 2.09. The zero-order valence-corrected chi connectivity index (χ0v) is 13.1. The summed E-state index contributed by atoms with van der Waals surface area (Å²) in [5.74, 6) is -0.137. The Bertz CT molecular complexity index is 817. The number of H-pyrrole nitrogens is 1.